The molecule has 1 aliphatic rings. The van der Waals surface area contributed by atoms with Crippen LogP contribution in [0.1, 0.15) is 6.42 Å². The fourth-order valence-electron chi connectivity index (χ4n) is 2.50. The van der Waals surface area contributed by atoms with E-state index >= 15 is 0 Å². The third kappa shape index (κ3) is 3.40. The van der Waals surface area contributed by atoms with E-state index in [0.29, 0.717) is 6.79 Å². The average molecular weight is 344 g/mol. The van der Waals surface area contributed by atoms with Crippen LogP contribution in [0.25, 0.3) is 20.7 Å². The standard InChI is InChI=1S/C17H16N2O2S2/c1-2-4-12(5-3-1)15-8-14-16(18-10-19-17(14)23-15)22-9-13-6-7-20-11-21-13/h1-5,8,10,13H,6-7,9,11H2/t13-/m0/s1. The second-order valence-electron chi connectivity index (χ2n) is 5.29. The number of rotatable bonds is 4. The summed E-state index contributed by atoms with van der Waals surface area (Å²) < 4.78 is 10.8. The van der Waals surface area contributed by atoms with Gasteiger partial charge in [-0.05, 0) is 18.1 Å². The molecule has 0 amide bonds. The molecule has 4 rings (SSSR count). The van der Waals surface area contributed by atoms with E-state index < -0.39 is 0 Å². The summed E-state index contributed by atoms with van der Waals surface area (Å²) in [6.07, 6.45) is 2.84. The molecule has 0 bridgehead atoms. The quantitative estimate of drug-likeness (QED) is 0.524. The minimum absolute atomic E-state index is 0.242. The molecule has 6 heteroatoms. The van der Waals surface area contributed by atoms with E-state index in [1.165, 1.54) is 10.4 Å². The lowest BCUT2D eigenvalue weighted by Crippen LogP contribution is -2.25. The van der Waals surface area contributed by atoms with Crippen molar-refractivity contribution in [1.29, 1.82) is 0 Å². The Morgan fingerprint density at radius 1 is 1.22 bits per heavy atom. The number of thiophene rings is 1. The van der Waals surface area contributed by atoms with E-state index in [-0.39, 0.29) is 6.10 Å². The first kappa shape index (κ1) is 15.1. The van der Waals surface area contributed by atoms with Gasteiger partial charge in [-0.15, -0.1) is 23.1 Å². The zero-order valence-corrected chi connectivity index (χ0v) is 14.1. The Balaban J connectivity index is 1.58. The van der Waals surface area contributed by atoms with Crippen LogP contribution < -0.4 is 0 Å². The molecule has 0 aliphatic carbocycles. The molecular formula is C17H16N2O2S2. The second-order valence-corrected chi connectivity index (χ2v) is 7.33. The summed E-state index contributed by atoms with van der Waals surface area (Å²) >= 11 is 3.45. The first-order valence-electron chi connectivity index (χ1n) is 7.52. The number of aromatic nitrogens is 2. The Bertz CT molecular complexity index is 786. The zero-order valence-electron chi connectivity index (χ0n) is 12.5. The van der Waals surface area contributed by atoms with Gasteiger partial charge in [-0.3, -0.25) is 0 Å². The van der Waals surface area contributed by atoms with Crippen molar-refractivity contribution in [2.24, 2.45) is 0 Å². The molecule has 4 nitrogen and oxygen atoms in total. The molecule has 1 atom stereocenters. The summed E-state index contributed by atoms with van der Waals surface area (Å²) in [6.45, 7) is 1.18. The van der Waals surface area contributed by atoms with Crippen molar-refractivity contribution in [2.45, 2.75) is 17.6 Å². The lowest BCUT2D eigenvalue weighted by Gasteiger charge is -2.22. The highest BCUT2D eigenvalue weighted by atomic mass is 32.2. The van der Waals surface area contributed by atoms with Gasteiger partial charge in [0.15, 0.2) is 0 Å². The number of thioether (sulfide) groups is 1. The third-order valence-electron chi connectivity index (χ3n) is 3.73. The fourth-order valence-corrected chi connectivity index (χ4v) is 4.61. The van der Waals surface area contributed by atoms with Gasteiger partial charge in [0.1, 0.15) is 23.0 Å². The number of benzene rings is 1. The van der Waals surface area contributed by atoms with E-state index in [2.05, 4.69) is 40.3 Å². The first-order valence-corrected chi connectivity index (χ1v) is 9.32. The van der Waals surface area contributed by atoms with Crippen molar-refractivity contribution in [3.8, 4) is 10.4 Å². The summed E-state index contributed by atoms with van der Waals surface area (Å²) in [7, 11) is 0. The number of hydrogen-bond donors (Lipinski definition) is 0. The first-order chi connectivity index (χ1) is 11.4. The van der Waals surface area contributed by atoms with Crippen LogP contribution in [-0.2, 0) is 9.47 Å². The lowest BCUT2D eigenvalue weighted by molar-refractivity contribution is -0.130. The molecule has 0 spiro atoms. The van der Waals surface area contributed by atoms with Crippen LogP contribution in [0, 0.1) is 0 Å². The van der Waals surface area contributed by atoms with Crippen molar-refractivity contribution >= 4 is 33.3 Å². The smallest absolute Gasteiger partial charge is 0.147 e. The second kappa shape index (κ2) is 6.97. The SMILES string of the molecule is c1ccc(-c2cc3c(SC[C@@H]4CCOCO4)ncnc3s2)cc1. The number of hydrogen-bond acceptors (Lipinski definition) is 6. The molecule has 0 N–H and O–H groups in total. The number of ether oxygens (including phenoxy) is 2. The largest absolute Gasteiger partial charge is 0.355 e. The fraction of sp³-hybridized carbons (Fsp3) is 0.294. The van der Waals surface area contributed by atoms with Crippen molar-refractivity contribution in [3.05, 3.63) is 42.7 Å². The van der Waals surface area contributed by atoms with Gasteiger partial charge >= 0.3 is 0 Å². The van der Waals surface area contributed by atoms with Crippen LogP contribution in [0.2, 0.25) is 0 Å². The highest BCUT2D eigenvalue weighted by Gasteiger charge is 2.16. The molecule has 3 aromatic rings. The van der Waals surface area contributed by atoms with E-state index in [4.69, 9.17) is 9.47 Å². The Hall–Kier alpha value is -1.47. The minimum atomic E-state index is 0.242. The van der Waals surface area contributed by atoms with Gasteiger partial charge in [0, 0.05) is 16.0 Å². The third-order valence-corrected chi connectivity index (χ3v) is 5.96. The van der Waals surface area contributed by atoms with Gasteiger partial charge in [-0.25, -0.2) is 9.97 Å². The molecule has 1 aromatic carbocycles. The van der Waals surface area contributed by atoms with Gasteiger partial charge in [0.2, 0.25) is 0 Å². The maximum atomic E-state index is 5.60. The predicted molar refractivity (Wildman–Crippen MR) is 93.9 cm³/mol. The maximum Gasteiger partial charge on any atom is 0.147 e. The molecule has 1 aliphatic heterocycles. The Labute approximate surface area is 142 Å². The molecule has 0 unspecified atom stereocenters. The van der Waals surface area contributed by atoms with Crippen molar-refractivity contribution in [2.75, 3.05) is 19.2 Å². The summed E-state index contributed by atoms with van der Waals surface area (Å²) in [4.78, 5) is 11.2. The van der Waals surface area contributed by atoms with Gasteiger partial charge < -0.3 is 9.47 Å². The van der Waals surface area contributed by atoms with Gasteiger partial charge in [0.05, 0.1) is 12.7 Å². The van der Waals surface area contributed by atoms with Crippen LogP contribution in [0.4, 0.5) is 0 Å². The molecule has 0 radical (unpaired) electrons. The molecule has 3 heterocycles. The minimum Gasteiger partial charge on any atom is -0.355 e. The molecule has 0 saturated carbocycles. The molecule has 23 heavy (non-hydrogen) atoms. The number of nitrogens with zero attached hydrogens (tertiary/aromatic N) is 2. The van der Waals surface area contributed by atoms with Crippen LogP contribution in [-0.4, -0.2) is 35.2 Å². The Kier molecular flexibility index (Phi) is 4.57. The monoisotopic (exact) mass is 344 g/mol. The zero-order chi connectivity index (χ0) is 15.5. The van der Waals surface area contributed by atoms with Crippen molar-refractivity contribution in [3.63, 3.8) is 0 Å². The highest BCUT2D eigenvalue weighted by Crippen LogP contribution is 2.36. The van der Waals surface area contributed by atoms with Crippen molar-refractivity contribution in [1.82, 2.24) is 9.97 Å². The van der Waals surface area contributed by atoms with Crippen LogP contribution >= 0.6 is 23.1 Å². The molecule has 1 saturated heterocycles. The van der Waals surface area contributed by atoms with E-state index in [1.807, 2.05) is 6.07 Å². The maximum absolute atomic E-state index is 5.60. The summed E-state index contributed by atoms with van der Waals surface area (Å²) in [5.41, 5.74) is 1.22. The summed E-state index contributed by atoms with van der Waals surface area (Å²) in [6, 6.07) is 12.6. The molecular weight excluding hydrogens is 328 g/mol. The van der Waals surface area contributed by atoms with Crippen LogP contribution in [0.15, 0.2) is 47.8 Å². The number of fused-ring (bicyclic) bond motifs is 1. The molecule has 1 fully saturated rings. The Morgan fingerprint density at radius 2 is 2.13 bits per heavy atom. The van der Waals surface area contributed by atoms with Crippen LogP contribution in [0.5, 0.6) is 0 Å². The summed E-state index contributed by atoms with van der Waals surface area (Å²) in [5, 5.41) is 2.16. The van der Waals surface area contributed by atoms with Gasteiger partial charge in [-0.2, -0.15) is 0 Å². The molecule has 118 valence electrons. The van der Waals surface area contributed by atoms with Crippen LogP contribution in [0.3, 0.4) is 0 Å². The Morgan fingerprint density at radius 3 is 2.96 bits per heavy atom. The van der Waals surface area contributed by atoms with E-state index in [0.717, 1.165) is 34.0 Å². The van der Waals surface area contributed by atoms with Gasteiger partial charge in [0.25, 0.3) is 0 Å². The highest BCUT2D eigenvalue weighted by molar-refractivity contribution is 7.99. The predicted octanol–water partition coefficient (Wildman–Crippen LogP) is 4.21. The van der Waals surface area contributed by atoms with Crippen molar-refractivity contribution < 1.29 is 9.47 Å². The van der Waals surface area contributed by atoms with Gasteiger partial charge in [-0.1, -0.05) is 30.3 Å². The average Bonchev–Trinajstić information content (AvgIpc) is 3.06. The van der Waals surface area contributed by atoms with E-state index in [9.17, 15) is 0 Å². The summed E-state index contributed by atoms with van der Waals surface area (Å²) in [5.74, 6) is 0.895. The lowest BCUT2D eigenvalue weighted by atomic mass is 10.2. The normalized spacial score (nSPS) is 18.3. The van der Waals surface area contributed by atoms with E-state index in [1.54, 1.807) is 29.4 Å². The molecule has 2 aromatic heterocycles. The topological polar surface area (TPSA) is 44.2 Å².